The van der Waals surface area contributed by atoms with E-state index in [2.05, 4.69) is 15.5 Å². The molecule has 1 heterocycles. The number of benzene rings is 2. The zero-order valence-electron chi connectivity index (χ0n) is 17.6. The summed E-state index contributed by atoms with van der Waals surface area (Å²) in [6.45, 7) is 3.46. The van der Waals surface area contributed by atoms with Gasteiger partial charge in [0.15, 0.2) is 0 Å². The third kappa shape index (κ3) is 7.10. The van der Waals surface area contributed by atoms with E-state index in [9.17, 15) is 9.50 Å². The molecule has 0 saturated carbocycles. The summed E-state index contributed by atoms with van der Waals surface area (Å²) in [4.78, 5) is 2.27. The van der Waals surface area contributed by atoms with Gasteiger partial charge in [-0.05, 0) is 48.2 Å². The summed E-state index contributed by atoms with van der Waals surface area (Å²) in [5.41, 5.74) is 3.21. The number of hydrogen-bond donors (Lipinski definition) is 1. The molecule has 1 aromatic heterocycles. The van der Waals surface area contributed by atoms with Crippen molar-refractivity contribution in [2.45, 2.75) is 32.0 Å². The van der Waals surface area contributed by atoms with Crippen molar-refractivity contribution in [1.82, 2.24) is 9.47 Å². The molecule has 0 spiro atoms. The van der Waals surface area contributed by atoms with Gasteiger partial charge in [-0.25, -0.2) is 4.39 Å². The first kappa shape index (κ1) is 22.2. The Labute approximate surface area is 178 Å². The molecule has 5 heteroatoms. The molecule has 1 N–H and O–H groups in total. The molecule has 0 radical (unpaired) electrons. The van der Waals surface area contributed by atoms with Gasteiger partial charge in [0.2, 0.25) is 0 Å². The highest BCUT2D eigenvalue weighted by Crippen LogP contribution is 2.13. The van der Waals surface area contributed by atoms with Crippen molar-refractivity contribution in [3.8, 4) is 0 Å². The minimum Gasteiger partial charge on any atom is -0.391 e. The summed E-state index contributed by atoms with van der Waals surface area (Å²) in [6, 6.07) is 20.9. The standard InChI is InChI=1S/C25H31FN2O2/c1-30-15-7-13-27(20-25(29)17-21-8-3-2-4-9-21)19-24-12-6-14-28(24)18-22-10-5-11-23(26)16-22/h2-6,8-12,14,16,25,29H,7,13,15,17-20H2,1H3/t25-/m1/s1. The van der Waals surface area contributed by atoms with Crippen LogP contribution in [0.1, 0.15) is 23.2 Å². The van der Waals surface area contributed by atoms with Crippen molar-refractivity contribution in [2.24, 2.45) is 0 Å². The van der Waals surface area contributed by atoms with Gasteiger partial charge >= 0.3 is 0 Å². The average Bonchev–Trinajstić information content (AvgIpc) is 3.15. The Morgan fingerprint density at radius 3 is 2.60 bits per heavy atom. The van der Waals surface area contributed by atoms with E-state index in [4.69, 9.17) is 4.74 Å². The van der Waals surface area contributed by atoms with Crippen LogP contribution >= 0.6 is 0 Å². The first-order valence-electron chi connectivity index (χ1n) is 10.5. The fourth-order valence-corrected chi connectivity index (χ4v) is 3.72. The molecular weight excluding hydrogens is 379 g/mol. The molecule has 0 fully saturated rings. The van der Waals surface area contributed by atoms with Gasteiger partial charge in [0.05, 0.1) is 6.10 Å². The van der Waals surface area contributed by atoms with E-state index in [0.717, 1.165) is 36.3 Å². The molecule has 0 amide bonds. The predicted molar refractivity (Wildman–Crippen MR) is 118 cm³/mol. The minimum atomic E-state index is -0.443. The van der Waals surface area contributed by atoms with Crippen molar-refractivity contribution >= 4 is 0 Å². The lowest BCUT2D eigenvalue weighted by molar-refractivity contribution is 0.0982. The maximum atomic E-state index is 13.5. The van der Waals surface area contributed by atoms with Crippen LogP contribution in [0.25, 0.3) is 0 Å². The van der Waals surface area contributed by atoms with Gasteiger partial charge in [-0.1, -0.05) is 42.5 Å². The number of hydrogen-bond acceptors (Lipinski definition) is 3. The number of aliphatic hydroxyl groups excluding tert-OH is 1. The van der Waals surface area contributed by atoms with Gasteiger partial charge in [0, 0.05) is 51.8 Å². The average molecular weight is 411 g/mol. The molecule has 0 bridgehead atoms. The Morgan fingerprint density at radius 1 is 1.03 bits per heavy atom. The van der Waals surface area contributed by atoms with Gasteiger partial charge in [0.25, 0.3) is 0 Å². The molecule has 3 aromatic rings. The first-order chi connectivity index (χ1) is 14.6. The highest BCUT2D eigenvalue weighted by molar-refractivity contribution is 5.19. The van der Waals surface area contributed by atoms with Gasteiger partial charge in [-0.2, -0.15) is 0 Å². The Kier molecular flexibility index (Phi) is 8.63. The molecule has 30 heavy (non-hydrogen) atoms. The Morgan fingerprint density at radius 2 is 1.83 bits per heavy atom. The second kappa shape index (κ2) is 11.6. The molecule has 0 unspecified atom stereocenters. The molecule has 3 rings (SSSR count). The van der Waals surface area contributed by atoms with E-state index in [-0.39, 0.29) is 5.82 Å². The van der Waals surface area contributed by atoms with Crippen LogP contribution in [0.5, 0.6) is 0 Å². The number of aromatic nitrogens is 1. The molecular formula is C25H31FN2O2. The normalized spacial score (nSPS) is 12.4. The van der Waals surface area contributed by atoms with E-state index < -0.39 is 6.10 Å². The highest BCUT2D eigenvalue weighted by Gasteiger charge is 2.15. The summed E-state index contributed by atoms with van der Waals surface area (Å²) < 4.78 is 20.9. The molecule has 4 nitrogen and oxygen atoms in total. The Hall–Kier alpha value is -2.47. The van der Waals surface area contributed by atoms with Crippen molar-refractivity contribution in [1.29, 1.82) is 0 Å². The summed E-state index contributed by atoms with van der Waals surface area (Å²) >= 11 is 0. The SMILES string of the molecule is COCCCN(Cc1cccn1Cc1cccc(F)c1)C[C@H](O)Cc1ccccc1. The van der Waals surface area contributed by atoms with Crippen molar-refractivity contribution < 1.29 is 14.2 Å². The summed E-state index contributed by atoms with van der Waals surface area (Å²) in [7, 11) is 1.71. The molecule has 0 aliphatic rings. The zero-order chi connectivity index (χ0) is 21.2. The van der Waals surface area contributed by atoms with Crippen molar-refractivity contribution in [3.05, 3.63) is 95.6 Å². The minimum absolute atomic E-state index is 0.216. The summed E-state index contributed by atoms with van der Waals surface area (Å²) in [5, 5.41) is 10.7. The van der Waals surface area contributed by atoms with E-state index in [1.54, 1.807) is 19.2 Å². The molecule has 1 atom stereocenters. The summed E-state index contributed by atoms with van der Waals surface area (Å²) in [5.74, 6) is -0.216. The lowest BCUT2D eigenvalue weighted by atomic mass is 10.1. The number of aliphatic hydroxyl groups is 1. The van der Waals surface area contributed by atoms with E-state index >= 15 is 0 Å². The first-order valence-corrected chi connectivity index (χ1v) is 10.5. The topological polar surface area (TPSA) is 37.6 Å². The molecule has 2 aromatic carbocycles. The number of rotatable bonds is 12. The van der Waals surface area contributed by atoms with Gasteiger partial charge in [-0.3, -0.25) is 4.90 Å². The Bertz CT molecular complexity index is 882. The van der Waals surface area contributed by atoms with E-state index in [0.29, 0.717) is 26.1 Å². The van der Waals surface area contributed by atoms with E-state index in [1.165, 1.54) is 6.07 Å². The van der Waals surface area contributed by atoms with Crippen molar-refractivity contribution in [2.75, 3.05) is 26.8 Å². The zero-order valence-corrected chi connectivity index (χ0v) is 17.6. The van der Waals surface area contributed by atoms with Crippen molar-refractivity contribution in [3.63, 3.8) is 0 Å². The third-order valence-corrected chi connectivity index (χ3v) is 5.16. The molecule has 0 aliphatic carbocycles. The number of nitrogens with zero attached hydrogens (tertiary/aromatic N) is 2. The summed E-state index contributed by atoms with van der Waals surface area (Å²) in [6.07, 6.45) is 3.11. The lowest BCUT2D eigenvalue weighted by Crippen LogP contribution is -2.35. The lowest BCUT2D eigenvalue weighted by Gasteiger charge is -2.26. The highest BCUT2D eigenvalue weighted by atomic mass is 19.1. The molecule has 160 valence electrons. The van der Waals surface area contributed by atoms with Crippen LogP contribution in [0, 0.1) is 5.82 Å². The molecule has 0 aliphatic heterocycles. The maximum Gasteiger partial charge on any atom is 0.123 e. The second-order valence-corrected chi connectivity index (χ2v) is 7.68. The quantitative estimate of drug-likeness (QED) is 0.457. The van der Waals surface area contributed by atoms with Crippen LogP contribution in [0.15, 0.2) is 72.9 Å². The fraction of sp³-hybridized carbons (Fsp3) is 0.360. The van der Waals surface area contributed by atoms with Crippen LogP contribution < -0.4 is 0 Å². The predicted octanol–water partition coefficient (Wildman–Crippen LogP) is 4.12. The number of ether oxygens (including phenoxy) is 1. The monoisotopic (exact) mass is 410 g/mol. The van der Waals surface area contributed by atoms with Crippen LogP contribution in [0.3, 0.4) is 0 Å². The fourth-order valence-electron chi connectivity index (χ4n) is 3.72. The Balaban J connectivity index is 1.65. The van der Waals surface area contributed by atoms with E-state index in [1.807, 2.05) is 48.7 Å². The second-order valence-electron chi connectivity index (χ2n) is 7.68. The largest absolute Gasteiger partial charge is 0.391 e. The van der Waals surface area contributed by atoms with Crippen LogP contribution in [0.4, 0.5) is 4.39 Å². The maximum absolute atomic E-state index is 13.5. The number of halogens is 1. The van der Waals surface area contributed by atoms with Crippen LogP contribution in [-0.2, 0) is 24.2 Å². The molecule has 0 saturated heterocycles. The van der Waals surface area contributed by atoms with Crippen LogP contribution in [-0.4, -0.2) is 47.5 Å². The van der Waals surface area contributed by atoms with Crippen LogP contribution in [0.2, 0.25) is 0 Å². The van der Waals surface area contributed by atoms with Gasteiger partial charge in [-0.15, -0.1) is 0 Å². The number of methoxy groups -OCH3 is 1. The third-order valence-electron chi connectivity index (χ3n) is 5.16. The van der Waals surface area contributed by atoms with Gasteiger partial charge in [0.1, 0.15) is 5.82 Å². The van der Waals surface area contributed by atoms with Gasteiger partial charge < -0.3 is 14.4 Å². The smallest absolute Gasteiger partial charge is 0.123 e.